The van der Waals surface area contributed by atoms with Crippen molar-refractivity contribution in [2.75, 3.05) is 11.9 Å². The Morgan fingerprint density at radius 2 is 1.76 bits per heavy atom. The van der Waals surface area contributed by atoms with Crippen LogP contribution in [0.2, 0.25) is 0 Å². The first-order valence-electron chi connectivity index (χ1n) is 10.0. The van der Waals surface area contributed by atoms with E-state index in [0.717, 1.165) is 25.7 Å². The molecule has 0 aromatic carbocycles. The Labute approximate surface area is 169 Å². The molecule has 11 heteroatoms. The van der Waals surface area contributed by atoms with Crippen LogP contribution < -0.4 is 10.0 Å². The molecule has 0 saturated heterocycles. The summed E-state index contributed by atoms with van der Waals surface area (Å²) < 4.78 is 71.4. The van der Waals surface area contributed by atoms with E-state index in [-0.39, 0.29) is 36.6 Å². The monoisotopic (exact) mass is 438 g/mol. The van der Waals surface area contributed by atoms with Crippen LogP contribution in [-0.4, -0.2) is 42.1 Å². The summed E-state index contributed by atoms with van der Waals surface area (Å²) in [5.41, 5.74) is -1.97. The van der Waals surface area contributed by atoms with Crippen LogP contribution in [0.1, 0.15) is 71.5 Å². The lowest BCUT2D eigenvalue weighted by Crippen LogP contribution is -2.48. The highest BCUT2D eigenvalue weighted by molar-refractivity contribution is 7.90. The zero-order valence-electron chi connectivity index (χ0n) is 17.0. The number of sulfonamides is 1. The molecule has 0 bridgehead atoms. The van der Waals surface area contributed by atoms with Crippen molar-refractivity contribution in [3.63, 3.8) is 0 Å². The van der Waals surface area contributed by atoms with Crippen molar-refractivity contribution in [1.82, 2.24) is 14.9 Å². The molecule has 3 rings (SSSR count). The van der Waals surface area contributed by atoms with Crippen molar-refractivity contribution < 1.29 is 26.1 Å². The molecule has 0 atom stereocenters. The topological polar surface area (TPSA) is 97.1 Å². The summed E-state index contributed by atoms with van der Waals surface area (Å²) in [7, 11) is -3.37. The quantitative estimate of drug-likeness (QED) is 0.702. The zero-order valence-corrected chi connectivity index (χ0v) is 17.8. The van der Waals surface area contributed by atoms with Gasteiger partial charge in [-0.2, -0.15) is 18.2 Å². The second-order valence-electron chi connectivity index (χ2n) is 9.18. The van der Waals surface area contributed by atoms with Crippen LogP contribution in [0.4, 0.5) is 19.2 Å². The predicted molar refractivity (Wildman–Crippen MR) is 102 cm³/mol. The minimum absolute atomic E-state index is 0.00887. The number of halogens is 3. The Balaban J connectivity index is 1.50. The van der Waals surface area contributed by atoms with Gasteiger partial charge in [-0.05, 0) is 65.2 Å². The molecular weight excluding hydrogens is 409 g/mol. The summed E-state index contributed by atoms with van der Waals surface area (Å²) in [5, 5.41) is 6.64. The fourth-order valence-electron chi connectivity index (χ4n) is 3.77. The van der Waals surface area contributed by atoms with Crippen molar-refractivity contribution in [3.05, 3.63) is 5.82 Å². The lowest BCUT2D eigenvalue weighted by Gasteiger charge is -2.40. The fraction of sp³-hybridized carbons (Fsp3) is 0.889. The first-order chi connectivity index (χ1) is 13.3. The van der Waals surface area contributed by atoms with E-state index < -0.39 is 26.4 Å². The predicted octanol–water partition coefficient (Wildman–Crippen LogP) is 3.74. The smallest absolute Gasteiger partial charge is 0.335 e. The number of alkyl halides is 3. The summed E-state index contributed by atoms with van der Waals surface area (Å²) in [6, 6.07) is 0.0365. The molecule has 0 spiro atoms. The molecule has 0 aliphatic heterocycles. The van der Waals surface area contributed by atoms with Gasteiger partial charge in [0.1, 0.15) is 5.41 Å². The maximum atomic E-state index is 13.4. The molecule has 0 radical (unpaired) electrons. The minimum atomic E-state index is -4.38. The first-order valence-corrected chi connectivity index (χ1v) is 11.5. The normalized spacial score (nSPS) is 25.4. The Hall–Kier alpha value is -1.36. The van der Waals surface area contributed by atoms with Gasteiger partial charge in [0.25, 0.3) is 0 Å². The van der Waals surface area contributed by atoms with Gasteiger partial charge in [0, 0.05) is 12.6 Å². The van der Waals surface area contributed by atoms with Gasteiger partial charge in [-0.1, -0.05) is 11.6 Å². The number of nitrogens with zero attached hydrogens (tertiary/aromatic N) is 2. The molecular formula is C18H29F3N4O3S. The van der Waals surface area contributed by atoms with Crippen LogP contribution in [0.25, 0.3) is 0 Å². The van der Waals surface area contributed by atoms with Crippen LogP contribution in [0.3, 0.4) is 0 Å². The number of hydrogen-bond acceptors (Lipinski definition) is 6. The van der Waals surface area contributed by atoms with E-state index >= 15 is 0 Å². The van der Waals surface area contributed by atoms with Gasteiger partial charge in [0.2, 0.25) is 10.0 Å². The third-order valence-electron chi connectivity index (χ3n) is 6.15. The van der Waals surface area contributed by atoms with Gasteiger partial charge in [0.05, 0.1) is 4.75 Å². The third kappa shape index (κ3) is 4.55. The molecule has 7 nitrogen and oxygen atoms in total. The Bertz CT molecular complexity index is 805. The summed E-state index contributed by atoms with van der Waals surface area (Å²) >= 11 is 0. The highest BCUT2D eigenvalue weighted by atomic mass is 32.2. The molecule has 2 aliphatic carbocycles. The Kier molecular flexibility index (Phi) is 5.94. The van der Waals surface area contributed by atoms with E-state index in [4.69, 9.17) is 4.52 Å². The minimum Gasteiger partial charge on any atom is -0.335 e. The van der Waals surface area contributed by atoms with E-state index in [1.54, 1.807) is 20.8 Å². The summed E-state index contributed by atoms with van der Waals surface area (Å²) in [4.78, 5) is 3.98. The standard InChI is InChI=1S/C18H29F3N4O3S/c1-16(2,3)29(26,27)22-11-12-5-7-13(8-6-12)23-15-24-14(25-28-15)17(9-4-10-17)18(19,20)21/h12-13,22H,4-11H2,1-3H3,(H,23,24,25)/t12-,13-. The second kappa shape index (κ2) is 7.72. The van der Waals surface area contributed by atoms with Gasteiger partial charge in [0.15, 0.2) is 5.82 Å². The van der Waals surface area contributed by atoms with Gasteiger partial charge in [-0.25, -0.2) is 13.1 Å². The lowest BCUT2D eigenvalue weighted by molar-refractivity contribution is -0.215. The number of anilines is 1. The maximum absolute atomic E-state index is 13.4. The van der Waals surface area contributed by atoms with Gasteiger partial charge in [-0.15, -0.1) is 0 Å². The Morgan fingerprint density at radius 3 is 2.24 bits per heavy atom. The summed E-state index contributed by atoms with van der Waals surface area (Å²) in [5.74, 6) is -0.0593. The van der Waals surface area contributed by atoms with Crippen LogP contribution in [-0.2, 0) is 15.4 Å². The van der Waals surface area contributed by atoms with E-state index in [2.05, 4.69) is 20.2 Å². The second-order valence-corrected chi connectivity index (χ2v) is 11.7. The first kappa shape index (κ1) is 22.3. The average Bonchev–Trinajstić information content (AvgIpc) is 2.99. The highest BCUT2D eigenvalue weighted by Gasteiger charge is 2.62. The van der Waals surface area contributed by atoms with Crippen LogP contribution >= 0.6 is 0 Å². The molecule has 2 aliphatic rings. The largest absolute Gasteiger partial charge is 0.401 e. The molecule has 1 aromatic rings. The molecule has 2 N–H and O–H groups in total. The van der Waals surface area contributed by atoms with Crippen molar-refractivity contribution in [2.45, 2.75) is 88.1 Å². The van der Waals surface area contributed by atoms with Crippen molar-refractivity contribution >= 4 is 16.0 Å². The number of aromatic nitrogens is 2. The summed E-state index contributed by atoms with van der Waals surface area (Å²) in [6.45, 7) is 5.36. The van der Waals surface area contributed by atoms with E-state index in [1.807, 2.05) is 0 Å². The molecule has 29 heavy (non-hydrogen) atoms. The fourth-order valence-corrected chi connectivity index (χ4v) is 4.66. The average molecular weight is 439 g/mol. The molecule has 0 amide bonds. The Morgan fingerprint density at radius 1 is 1.14 bits per heavy atom. The molecule has 2 saturated carbocycles. The van der Waals surface area contributed by atoms with Crippen LogP contribution in [0.15, 0.2) is 4.52 Å². The summed E-state index contributed by atoms with van der Waals surface area (Å²) in [6.07, 6.45) is -0.787. The highest BCUT2D eigenvalue weighted by Crippen LogP contribution is 2.53. The van der Waals surface area contributed by atoms with Crippen LogP contribution in [0, 0.1) is 5.92 Å². The van der Waals surface area contributed by atoms with E-state index in [0.29, 0.717) is 13.0 Å². The van der Waals surface area contributed by atoms with E-state index in [1.165, 1.54) is 0 Å². The van der Waals surface area contributed by atoms with Gasteiger partial charge < -0.3 is 9.84 Å². The molecule has 2 fully saturated rings. The van der Waals surface area contributed by atoms with Crippen molar-refractivity contribution in [2.24, 2.45) is 5.92 Å². The maximum Gasteiger partial charge on any atom is 0.401 e. The SMILES string of the molecule is CC(C)(C)S(=O)(=O)NC[C@H]1CC[C@H](Nc2nc(C3(C(F)(F)F)CCC3)no2)CC1. The molecule has 1 aromatic heterocycles. The molecule has 166 valence electrons. The van der Waals surface area contributed by atoms with Gasteiger partial charge in [-0.3, -0.25) is 0 Å². The third-order valence-corrected chi connectivity index (χ3v) is 8.31. The number of rotatable bonds is 6. The molecule has 1 heterocycles. The lowest BCUT2D eigenvalue weighted by atomic mass is 9.67. The van der Waals surface area contributed by atoms with E-state index in [9.17, 15) is 21.6 Å². The number of nitrogens with one attached hydrogen (secondary N) is 2. The van der Waals surface area contributed by atoms with Crippen LogP contribution in [0.5, 0.6) is 0 Å². The van der Waals surface area contributed by atoms with Crippen molar-refractivity contribution in [1.29, 1.82) is 0 Å². The zero-order chi connectivity index (χ0) is 21.5. The molecule has 0 unspecified atom stereocenters. The van der Waals surface area contributed by atoms with Gasteiger partial charge >= 0.3 is 12.2 Å². The van der Waals surface area contributed by atoms with Crippen molar-refractivity contribution in [3.8, 4) is 0 Å². The number of hydrogen-bond donors (Lipinski definition) is 2.